The number of amides is 1. The standard InChI is InChI=1S/C20H29N3O3/c1-13(18(21)7-9-20(23)25)26-12-15-3-6-16-5-2-14(4-8-19(22)24)10-17(16)11-15/h2-3,5-6,10-11,13,18,20,25H,4,7-9,12,21,23H2,1H3,(H2,22,24)/t13-,18+,20?/m1/s1. The van der Waals surface area contributed by atoms with E-state index in [1.807, 2.05) is 25.1 Å². The third-order valence-corrected chi connectivity index (χ3v) is 4.54. The number of primary amides is 1. The highest BCUT2D eigenvalue weighted by molar-refractivity contribution is 5.84. The lowest BCUT2D eigenvalue weighted by atomic mass is 10.0. The minimum Gasteiger partial charge on any atom is -0.379 e. The van der Waals surface area contributed by atoms with Crippen molar-refractivity contribution in [3.05, 3.63) is 47.5 Å². The lowest BCUT2D eigenvalue weighted by Gasteiger charge is -2.21. The number of aryl methyl sites for hydroxylation is 1. The summed E-state index contributed by atoms with van der Waals surface area (Å²) in [7, 11) is 0. The predicted octanol–water partition coefficient (Wildman–Crippen LogP) is 1.55. The van der Waals surface area contributed by atoms with Crippen molar-refractivity contribution >= 4 is 16.7 Å². The van der Waals surface area contributed by atoms with Gasteiger partial charge in [-0.3, -0.25) is 4.79 Å². The van der Waals surface area contributed by atoms with E-state index in [1.54, 1.807) is 0 Å². The van der Waals surface area contributed by atoms with Crippen LogP contribution in [0.4, 0.5) is 0 Å². The number of hydrogen-bond donors (Lipinski definition) is 4. The molecule has 0 heterocycles. The van der Waals surface area contributed by atoms with Gasteiger partial charge >= 0.3 is 0 Å². The third kappa shape index (κ3) is 6.38. The van der Waals surface area contributed by atoms with Gasteiger partial charge in [0.15, 0.2) is 0 Å². The van der Waals surface area contributed by atoms with E-state index in [-0.39, 0.29) is 18.1 Å². The van der Waals surface area contributed by atoms with Crippen LogP contribution in [0.5, 0.6) is 0 Å². The number of carbonyl (C=O) groups is 1. The highest BCUT2D eigenvalue weighted by Crippen LogP contribution is 2.20. The lowest BCUT2D eigenvalue weighted by Crippen LogP contribution is -2.36. The maximum Gasteiger partial charge on any atom is 0.217 e. The molecule has 7 N–H and O–H groups in total. The number of nitrogens with two attached hydrogens (primary N) is 3. The van der Waals surface area contributed by atoms with Crippen LogP contribution >= 0.6 is 0 Å². The number of aliphatic hydroxyl groups is 1. The molecule has 0 aliphatic rings. The molecule has 3 atom stereocenters. The van der Waals surface area contributed by atoms with Crippen LogP contribution in [0.1, 0.15) is 37.3 Å². The molecule has 142 valence electrons. The van der Waals surface area contributed by atoms with Crippen molar-refractivity contribution in [1.82, 2.24) is 0 Å². The molecule has 0 fully saturated rings. The first-order chi connectivity index (χ1) is 12.3. The van der Waals surface area contributed by atoms with Crippen LogP contribution in [0.3, 0.4) is 0 Å². The van der Waals surface area contributed by atoms with Crippen molar-refractivity contribution in [2.75, 3.05) is 0 Å². The van der Waals surface area contributed by atoms with Crippen molar-refractivity contribution < 1.29 is 14.6 Å². The second kappa shape index (κ2) is 9.64. The Bertz CT molecular complexity index is 733. The Morgan fingerprint density at radius 2 is 1.73 bits per heavy atom. The van der Waals surface area contributed by atoms with Gasteiger partial charge in [-0.2, -0.15) is 0 Å². The van der Waals surface area contributed by atoms with E-state index >= 15 is 0 Å². The molecule has 6 heteroatoms. The molecule has 0 aliphatic heterocycles. The van der Waals surface area contributed by atoms with Crippen molar-refractivity contribution in [2.24, 2.45) is 17.2 Å². The van der Waals surface area contributed by atoms with Gasteiger partial charge in [-0.25, -0.2) is 0 Å². The first-order valence-electron chi connectivity index (χ1n) is 8.96. The van der Waals surface area contributed by atoms with Crippen molar-refractivity contribution in [3.8, 4) is 0 Å². The Hall–Kier alpha value is -1.99. The summed E-state index contributed by atoms with van der Waals surface area (Å²) >= 11 is 0. The molecule has 0 radical (unpaired) electrons. The van der Waals surface area contributed by atoms with Crippen molar-refractivity contribution in [2.45, 2.75) is 57.6 Å². The zero-order chi connectivity index (χ0) is 19.1. The molecule has 0 aromatic heterocycles. The number of rotatable bonds is 10. The molecule has 0 bridgehead atoms. The van der Waals surface area contributed by atoms with E-state index in [2.05, 4.69) is 18.2 Å². The van der Waals surface area contributed by atoms with E-state index in [1.165, 1.54) is 0 Å². The minimum atomic E-state index is -0.836. The van der Waals surface area contributed by atoms with Gasteiger partial charge in [-0.1, -0.05) is 30.3 Å². The normalized spacial score (nSPS) is 14.9. The van der Waals surface area contributed by atoms with E-state index in [0.717, 1.165) is 21.9 Å². The number of ether oxygens (including phenoxy) is 1. The van der Waals surface area contributed by atoms with Crippen LogP contribution in [0.25, 0.3) is 10.8 Å². The molecule has 2 aromatic carbocycles. The molecule has 26 heavy (non-hydrogen) atoms. The van der Waals surface area contributed by atoms with Gasteiger partial charge in [0.25, 0.3) is 0 Å². The summed E-state index contributed by atoms with van der Waals surface area (Å²) in [5.74, 6) is -0.292. The molecule has 0 spiro atoms. The Kier molecular flexibility index (Phi) is 7.53. The number of carbonyl (C=O) groups excluding carboxylic acids is 1. The van der Waals surface area contributed by atoms with Crippen LogP contribution in [-0.4, -0.2) is 29.4 Å². The summed E-state index contributed by atoms with van der Waals surface area (Å²) in [6.07, 6.45) is 1.09. The van der Waals surface area contributed by atoms with Crippen LogP contribution in [-0.2, 0) is 22.6 Å². The molecule has 0 aliphatic carbocycles. The second-order valence-electron chi connectivity index (χ2n) is 6.81. The van der Waals surface area contributed by atoms with Gasteiger partial charge < -0.3 is 27.0 Å². The summed E-state index contributed by atoms with van der Waals surface area (Å²) in [5, 5.41) is 11.4. The molecular weight excluding hydrogens is 330 g/mol. The Labute approximate surface area is 154 Å². The Morgan fingerprint density at radius 3 is 2.38 bits per heavy atom. The molecule has 2 rings (SSSR count). The van der Waals surface area contributed by atoms with Crippen LogP contribution in [0.15, 0.2) is 36.4 Å². The fourth-order valence-electron chi connectivity index (χ4n) is 2.81. The fraction of sp³-hybridized carbons (Fsp3) is 0.450. The topological polar surface area (TPSA) is 125 Å². The van der Waals surface area contributed by atoms with Crippen molar-refractivity contribution in [3.63, 3.8) is 0 Å². The average molecular weight is 359 g/mol. The molecule has 2 aromatic rings. The summed E-state index contributed by atoms with van der Waals surface area (Å²) in [6.45, 7) is 2.39. The first-order valence-corrected chi connectivity index (χ1v) is 8.96. The quantitative estimate of drug-likeness (QED) is 0.479. The molecule has 0 saturated heterocycles. The SMILES string of the molecule is C[C@@H](OCc1ccc2ccc(CCC(N)=O)cc2c1)[C@@H](N)CCC(N)O. The number of aliphatic hydroxyl groups excluding tert-OH is 1. The fourth-order valence-corrected chi connectivity index (χ4v) is 2.81. The molecular formula is C20H29N3O3. The molecule has 0 saturated carbocycles. The zero-order valence-corrected chi connectivity index (χ0v) is 15.2. The van der Waals surface area contributed by atoms with Gasteiger partial charge in [0.1, 0.15) is 6.23 Å². The minimum absolute atomic E-state index is 0.133. The Morgan fingerprint density at radius 1 is 1.08 bits per heavy atom. The maximum atomic E-state index is 11.0. The largest absolute Gasteiger partial charge is 0.379 e. The van der Waals surface area contributed by atoms with Crippen LogP contribution in [0, 0.1) is 0 Å². The van der Waals surface area contributed by atoms with E-state index < -0.39 is 6.23 Å². The second-order valence-corrected chi connectivity index (χ2v) is 6.81. The first kappa shape index (κ1) is 20.3. The van der Waals surface area contributed by atoms with Crippen LogP contribution in [0.2, 0.25) is 0 Å². The van der Waals surface area contributed by atoms with Gasteiger partial charge in [-0.15, -0.1) is 0 Å². The number of benzene rings is 2. The zero-order valence-electron chi connectivity index (χ0n) is 15.2. The summed E-state index contributed by atoms with van der Waals surface area (Å²) in [6, 6.07) is 12.2. The van der Waals surface area contributed by atoms with E-state index in [0.29, 0.717) is 32.3 Å². The maximum absolute atomic E-state index is 11.0. The van der Waals surface area contributed by atoms with Crippen LogP contribution < -0.4 is 17.2 Å². The van der Waals surface area contributed by atoms with Gasteiger partial charge in [0.2, 0.25) is 5.91 Å². The number of fused-ring (bicyclic) bond motifs is 1. The van der Waals surface area contributed by atoms with Gasteiger partial charge in [0, 0.05) is 12.5 Å². The third-order valence-electron chi connectivity index (χ3n) is 4.54. The lowest BCUT2D eigenvalue weighted by molar-refractivity contribution is -0.117. The van der Waals surface area contributed by atoms with Gasteiger partial charge in [-0.05, 0) is 54.2 Å². The average Bonchev–Trinajstić information content (AvgIpc) is 2.61. The summed E-state index contributed by atoms with van der Waals surface area (Å²) in [4.78, 5) is 11.0. The molecule has 1 unspecified atom stereocenters. The van der Waals surface area contributed by atoms with E-state index in [4.69, 9.17) is 27.0 Å². The number of hydrogen-bond acceptors (Lipinski definition) is 5. The van der Waals surface area contributed by atoms with Gasteiger partial charge in [0.05, 0.1) is 12.7 Å². The smallest absolute Gasteiger partial charge is 0.217 e. The summed E-state index contributed by atoms with van der Waals surface area (Å²) in [5.41, 5.74) is 18.8. The molecule has 1 amide bonds. The Balaban J connectivity index is 1.97. The highest BCUT2D eigenvalue weighted by Gasteiger charge is 2.14. The highest BCUT2D eigenvalue weighted by atomic mass is 16.5. The monoisotopic (exact) mass is 359 g/mol. The predicted molar refractivity (Wildman–Crippen MR) is 103 cm³/mol. The summed E-state index contributed by atoms with van der Waals surface area (Å²) < 4.78 is 5.87. The van der Waals surface area contributed by atoms with Crippen molar-refractivity contribution in [1.29, 1.82) is 0 Å². The van der Waals surface area contributed by atoms with E-state index in [9.17, 15) is 4.79 Å². The molecule has 6 nitrogen and oxygen atoms in total.